The number of aliphatic carboxylic acids is 1. The molecule has 0 heterocycles. The van der Waals surface area contributed by atoms with Gasteiger partial charge in [0.1, 0.15) is 0 Å². The van der Waals surface area contributed by atoms with Gasteiger partial charge in [0.05, 0.1) is 13.2 Å². The maximum Gasteiger partial charge on any atom is 0.328 e. The maximum atomic E-state index is 11.2. The van der Waals surface area contributed by atoms with Crippen molar-refractivity contribution in [3.63, 3.8) is 0 Å². The molecule has 1 unspecified atom stereocenters. The van der Waals surface area contributed by atoms with Crippen molar-refractivity contribution < 1.29 is 24.9 Å². The molecule has 7 heteroatoms. The normalized spacial score (nSPS) is 11.7. The minimum Gasteiger partial charge on any atom is -0.478 e. The lowest BCUT2D eigenvalue weighted by molar-refractivity contribution is -0.131. The molecule has 23 heavy (non-hydrogen) atoms. The monoisotopic (exact) mass is 332 g/mol. The summed E-state index contributed by atoms with van der Waals surface area (Å²) in [5.74, 6) is -0.951. The number of hydrogen-bond acceptors (Lipinski definition) is 5. The van der Waals surface area contributed by atoms with E-state index in [9.17, 15) is 9.59 Å². The molecular formula is C16H32N2O5. The summed E-state index contributed by atoms with van der Waals surface area (Å²) in [6.07, 6.45) is 6.36. The van der Waals surface area contributed by atoms with Crippen molar-refractivity contribution in [3.8, 4) is 0 Å². The predicted octanol–water partition coefficient (Wildman–Crippen LogP) is 0.520. The molecule has 0 aliphatic heterocycles. The van der Waals surface area contributed by atoms with Crippen LogP contribution in [0.4, 0.5) is 0 Å². The van der Waals surface area contributed by atoms with E-state index >= 15 is 0 Å². The Kier molecular flexibility index (Phi) is 19.3. The van der Waals surface area contributed by atoms with Crippen molar-refractivity contribution >= 4 is 11.9 Å². The number of carboxylic acid groups (broad SMARTS) is 1. The summed E-state index contributed by atoms with van der Waals surface area (Å²) in [5.41, 5.74) is 0. The smallest absolute Gasteiger partial charge is 0.328 e. The fourth-order valence-electron chi connectivity index (χ4n) is 1.68. The Bertz CT molecular complexity index is 318. The van der Waals surface area contributed by atoms with Crippen LogP contribution in [0.1, 0.15) is 39.5 Å². The van der Waals surface area contributed by atoms with Crippen molar-refractivity contribution in [2.45, 2.75) is 39.5 Å². The molecule has 0 saturated heterocycles. The first-order valence-corrected chi connectivity index (χ1v) is 8.12. The molecule has 136 valence electrons. The van der Waals surface area contributed by atoms with E-state index in [-0.39, 0.29) is 19.1 Å². The van der Waals surface area contributed by atoms with Gasteiger partial charge in [-0.1, -0.05) is 33.1 Å². The van der Waals surface area contributed by atoms with Crippen molar-refractivity contribution in [1.29, 1.82) is 0 Å². The first kappa shape index (κ1) is 23.8. The first-order chi connectivity index (χ1) is 11.0. The Labute approximate surface area is 138 Å². The highest BCUT2D eigenvalue weighted by molar-refractivity contribution is 5.93. The largest absolute Gasteiger partial charge is 0.478 e. The Morgan fingerprint density at radius 3 is 2.13 bits per heavy atom. The Morgan fingerprint density at radius 2 is 1.70 bits per heavy atom. The van der Waals surface area contributed by atoms with Crippen LogP contribution in [-0.2, 0) is 9.59 Å². The minimum absolute atomic E-state index is 0.139. The van der Waals surface area contributed by atoms with E-state index in [2.05, 4.69) is 24.5 Å². The molecule has 0 aliphatic rings. The van der Waals surface area contributed by atoms with Crippen molar-refractivity contribution in [1.82, 2.24) is 10.6 Å². The standard InChI is InChI=1S/C12H21NO3.C4H11NO2/c1-3-5-6-10(4-2)9-13-11(14)7-8-12(15)16;6-3-1-5-2-4-7/h7-8,10H,3-6,9H2,1-2H3,(H,13,14)(H,15,16);5-7H,1-4H2/b8-7+;. The number of amides is 1. The molecule has 1 atom stereocenters. The molecule has 5 N–H and O–H groups in total. The lowest BCUT2D eigenvalue weighted by atomic mass is 9.99. The van der Waals surface area contributed by atoms with Crippen LogP contribution >= 0.6 is 0 Å². The number of nitrogens with one attached hydrogen (secondary N) is 2. The quantitative estimate of drug-likeness (QED) is 0.263. The van der Waals surface area contributed by atoms with Crippen LogP contribution in [0.5, 0.6) is 0 Å². The Morgan fingerprint density at radius 1 is 1.09 bits per heavy atom. The van der Waals surface area contributed by atoms with Crippen molar-refractivity contribution in [2.24, 2.45) is 5.92 Å². The SMILES string of the molecule is CCCCC(CC)CNC(=O)/C=C/C(=O)O.OCCNCCO. The molecule has 0 aromatic heterocycles. The van der Waals surface area contributed by atoms with Crippen LogP contribution in [0.15, 0.2) is 12.2 Å². The van der Waals surface area contributed by atoms with E-state index in [0.717, 1.165) is 31.4 Å². The summed E-state index contributed by atoms with van der Waals surface area (Å²) in [7, 11) is 0. The predicted molar refractivity (Wildman–Crippen MR) is 90.1 cm³/mol. The molecule has 0 bridgehead atoms. The van der Waals surface area contributed by atoms with E-state index in [1.165, 1.54) is 6.42 Å². The molecule has 0 fully saturated rings. The molecular weight excluding hydrogens is 300 g/mol. The lowest BCUT2D eigenvalue weighted by Gasteiger charge is -2.14. The number of hydrogen-bond donors (Lipinski definition) is 5. The summed E-state index contributed by atoms with van der Waals surface area (Å²) in [6, 6.07) is 0. The maximum absolute atomic E-state index is 11.2. The van der Waals surface area contributed by atoms with Crippen LogP contribution in [0.2, 0.25) is 0 Å². The number of unbranched alkanes of at least 4 members (excludes halogenated alkanes) is 1. The van der Waals surface area contributed by atoms with Crippen LogP contribution in [0.25, 0.3) is 0 Å². The Balaban J connectivity index is 0. The molecule has 0 saturated carbocycles. The van der Waals surface area contributed by atoms with E-state index in [1.807, 2.05) is 0 Å². The lowest BCUT2D eigenvalue weighted by Crippen LogP contribution is -2.27. The summed E-state index contributed by atoms with van der Waals surface area (Å²) < 4.78 is 0. The summed E-state index contributed by atoms with van der Waals surface area (Å²) in [5, 5.41) is 30.1. The van der Waals surface area contributed by atoms with Gasteiger partial charge in [0.25, 0.3) is 0 Å². The van der Waals surface area contributed by atoms with Crippen LogP contribution in [-0.4, -0.2) is 60.0 Å². The molecule has 1 amide bonds. The Hall–Kier alpha value is -1.44. The fraction of sp³-hybridized carbons (Fsp3) is 0.750. The zero-order valence-corrected chi connectivity index (χ0v) is 14.3. The van der Waals surface area contributed by atoms with Gasteiger partial charge in [0.2, 0.25) is 5.91 Å². The highest BCUT2D eigenvalue weighted by Gasteiger charge is 2.06. The van der Waals surface area contributed by atoms with Gasteiger partial charge < -0.3 is 26.0 Å². The number of carbonyl (C=O) groups excluding carboxylic acids is 1. The molecule has 0 radical (unpaired) electrons. The average molecular weight is 332 g/mol. The van der Waals surface area contributed by atoms with E-state index in [1.54, 1.807) is 0 Å². The summed E-state index contributed by atoms with van der Waals surface area (Å²) in [4.78, 5) is 21.4. The van der Waals surface area contributed by atoms with E-state index in [4.69, 9.17) is 15.3 Å². The molecule has 0 aromatic carbocycles. The molecule has 7 nitrogen and oxygen atoms in total. The van der Waals surface area contributed by atoms with Gasteiger partial charge in [0, 0.05) is 31.8 Å². The summed E-state index contributed by atoms with van der Waals surface area (Å²) in [6.45, 7) is 6.28. The number of aliphatic hydroxyl groups excluding tert-OH is 2. The van der Waals surface area contributed by atoms with Gasteiger partial charge in [-0.25, -0.2) is 4.79 Å². The first-order valence-electron chi connectivity index (χ1n) is 8.12. The van der Waals surface area contributed by atoms with Crippen molar-refractivity contribution in [3.05, 3.63) is 12.2 Å². The summed E-state index contributed by atoms with van der Waals surface area (Å²) >= 11 is 0. The van der Waals surface area contributed by atoms with Crippen molar-refractivity contribution in [2.75, 3.05) is 32.8 Å². The zero-order chi connectivity index (χ0) is 17.9. The topological polar surface area (TPSA) is 119 Å². The third kappa shape index (κ3) is 20.6. The molecule has 0 aliphatic carbocycles. The third-order valence-corrected chi connectivity index (χ3v) is 3.06. The third-order valence-electron chi connectivity index (χ3n) is 3.06. The highest BCUT2D eigenvalue weighted by Crippen LogP contribution is 2.10. The number of carbonyl (C=O) groups is 2. The second-order valence-electron chi connectivity index (χ2n) is 5.03. The minimum atomic E-state index is -1.10. The van der Waals surface area contributed by atoms with Gasteiger partial charge in [-0.2, -0.15) is 0 Å². The average Bonchev–Trinajstić information content (AvgIpc) is 2.54. The molecule has 0 rings (SSSR count). The highest BCUT2D eigenvalue weighted by atomic mass is 16.4. The number of aliphatic hydroxyl groups is 2. The number of carboxylic acids is 1. The van der Waals surface area contributed by atoms with Crippen LogP contribution in [0, 0.1) is 5.92 Å². The van der Waals surface area contributed by atoms with E-state index < -0.39 is 5.97 Å². The van der Waals surface area contributed by atoms with Gasteiger partial charge in [-0.15, -0.1) is 0 Å². The number of rotatable bonds is 12. The van der Waals surface area contributed by atoms with Gasteiger partial charge in [-0.05, 0) is 12.3 Å². The van der Waals surface area contributed by atoms with Gasteiger partial charge in [0.15, 0.2) is 0 Å². The van der Waals surface area contributed by atoms with Gasteiger partial charge >= 0.3 is 5.97 Å². The second-order valence-corrected chi connectivity index (χ2v) is 5.03. The second kappa shape index (κ2) is 18.6. The van der Waals surface area contributed by atoms with Gasteiger partial charge in [-0.3, -0.25) is 4.79 Å². The van der Waals surface area contributed by atoms with Crippen LogP contribution in [0.3, 0.4) is 0 Å². The van der Waals surface area contributed by atoms with E-state index in [0.29, 0.717) is 25.6 Å². The fourth-order valence-corrected chi connectivity index (χ4v) is 1.68. The molecule has 0 aromatic rings. The van der Waals surface area contributed by atoms with Crippen LogP contribution < -0.4 is 10.6 Å². The molecule has 0 spiro atoms. The zero-order valence-electron chi connectivity index (χ0n) is 14.3.